The summed E-state index contributed by atoms with van der Waals surface area (Å²) in [5.74, 6) is 6.99. The maximum absolute atomic E-state index is 6.31. The molecule has 1 aliphatic heterocycles. The maximum Gasteiger partial charge on any atom is 0.0441 e. The van der Waals surface area contributed by atoms with Gasteiger partial charge < -0.3 is 0 Å². The predicted octanol–water partition coefficient (Wildman–Crippen LogP) is 3.31. The number of nitrogens with two attached hydrogens (primary N) is 1. The Kier molecular flexibility index (Phi) is 4.59. The summed E-state index contributed by atoms with van der Waals surface area (Å²) in [5.41, 5.74) is 5.37. The van der Waals surface area contributed by atoms with Crippen LogP contribution in [0.25, 0.3) is 0 Å². The van der Waals surface area contributed by atoms with Crippen LogP contribution in [-0.2, 0) is 6.42 Å². The highest BCUT2D eigenvalue weighted by molar-refractivity contribution is 8.00. The third-order valence-corrected chi connectivity index (χ3v) is 5.81. The number of hydrogen-bond donors (Lipinski definition) is 2. The van der Waals surface area contributed by atoms with Gasteiger partial charge >= 0.3 is 0 Å². The molecule has 2 unspecified atom stereocenters. The minimum absolute atomic E-state index is 0.225. The number of benzene rings is 1. The van der Waals surface area contributed by atoms with Gasteiger partial charge in [0.05, 0.1) is 0 Å². The zero-order valence-corrected chi connectivity index (χ0v) is 12.6. The molecule has 0 aromatic heterocycles. The smallest absolute Gasteiger partial charge is 0.0441 e. The topological polar surface area (TPSA) is 38.0 Å². The van der Waals surface area contributed by atoms with E-state index in [1.165, 1.54) is 29.7 Å². The molecule has 0 amide bonds. The SMILES string of the molecule is Cc1ccc(CC(NN)C2(C)CCCS2)c(Cl)c1. The molecule has 0 bridgehead atoms. The Labute approximate surface area is 119 Å². The highest BCUT2D eigenvalue weighted by atomic mass is 35.5. The van der Waals surface area contributed by atoms with Crippen molar-refractivity contribution in [1.82, 2.24) is 5.43 Å². The van der Waals surface area contributed by atoms with Crippen molar-refractivity contribution in [2.75, 3.05) is 5.75 Å². The molecule has 2 atom stereocenters. The summed E-state index contributed by atoms with van der Waals surface area (Å²) in [6.45, 7) is 4.36. The molecule has 0 radical (unpaired) electrons. The lowest BCUT2D eigenvalue weighted by Gasteiger charge is -2.33. The van der Waals surface area contributed by atoms with Crippen molar-refractivity contribution in [3.8, 4) is 0 Å². The van der Waals surface area contributed by atoms with E-state index in [-0.39, 0.29) is 10.8 Å². The molecule has 3 N–H and O–H groups in total. The van der Waals surface area contributed by atoms with Crippen molar-refractivity contribution in [3.63, 3.8) is 0 Å². The van der Waals surface area contributed by atoms with Crippen LogP contribution in [0.15, 0.2) is 18.2 Å². The summed E-state index contributed by atoms with van der Waals surface area (Å²) >= 11 is 8.33. The molecule has 2 nitrogen and oxygen atoms in total. The lowest BCUT2D eigenvalue weighted by atomic mass is 9.91. The second-order valence-electron chi connectivity index (χ2n) is 5.28. The summed E-state index contributed by atoms with van der Waals surface area (Å²) in [6.07, 6.45) is 3.39. The maximum atomic E-state index is 6.31. The summed E-state index contributed by atoms with van der Waals surface area (Å²) < 4.78 is 0.225. The van der Waals surface area contributed by atoms with Gasteiger partial charge in [-0.25, -0.2) is 0 Å². The zero-order chi connectivity index (χ0) is 13.2. The van der Waals surface area contributed by atoms with Crippen LogP contribution in [0.4, 0.5) is 0 Å². The van der Waals surface area contributed by atoms with E-state index in [1.807, 2.05) is 17.8 Å². The normalized spacial score (nSPS) is 25.3. The first kappa shape index (κ1) is 14.2. The molecule has 18 heavy (non-hydrogen) atoms. The number of nitrogens with one attached hydrogen (secondary N) is 1. The highest BCUT2D eigenvalue weighted by Crippen LogP contribution is 2.41. The van der Waals surface area contributed by atoms with Crippen molar-refractivity contribution in [2.45, 2.75) is 43.9 Å². The van der Waals surface area contributed by atoms with Crippen LogP contribution in [0.3, 0.4) is 0 Å². The summed E-state index contributed by atoms with van der Waals surface area (Å²) in [5, 5.41) is 0.849. The number of thioether (sulfide) groups is 1. The quantitative estimate of drug-likeness (QED) is 0.658. The van der Waals surface area contributed by atoms with E-state index in [2.05, 4.69) is 31.4 Å². The predicted molar refractivity (Wildman–Crippen MR) is 81.1 cm³/mol. The van der Waals surface area contributed by atoms with Crippen molar-refractivity contribution in [2.24, 2.45) is 5.84 Å². The Bertz CT molecular complexity index is 416. The van der Waals surface area contributed by atoms with Crippen LogP contribution < -0.4 is 11.3 Å². The van der Waals surface area contributed by atoms with Gasteiger partial charge in [-0.2, -0.15) is 11.8 Å². The van der Waals surface area contributed by atoms with Crippen molar-refractivity contribution in [1.29, 1.82) is 0 Å². The molecule has 1 aromatic rings. The summed E-state index contributed by atoms with van der Waals surface area (Å²) in [6, 6.07) is 6.52. The number of hydrogen-bond acceptors (Lipinski definition) is 3. The fraction of sp³-hybridized carbons (Fsp3) is 0.571. The Morgan fingerprint density at radius 1 is 1.56 bits per heavy atom. The van der Waals surface area contributed by atoms with Crippen molar-refractivity contribution in [3.05, 3.63) is 34.3 Å². The molecule has 0 saturated carbocycles. The van der Waals surface area contributed by atoms with Gasteiger partial charge in [0.15, 0.2) is 0 Å². The lowest BCUT2D eigenvalue weighted by molar-refractivity contribution is 0.405. The number of hydrazine groups is 1. The lowest BCUT2D eigenvalue weighted by Crippen LogP contribution is -2.50. The first-order chi connectivity index (χ1) is 8.55. The van der Waals surface area contributed by atoms with E-state index < -0.39 is 0 Å². The Balaban J connectivity index is 2.15. The molecular weight excluding hydrogens is 264 g/mol. The molecule has 2 rings (SSSR count). The van der Waals surface area contributed by atoms with E-state index in [4.69, 9.17) is 17.4 Å². The van der Waals surface area contributed by atoms with Crippen molar-refractivity contribution >= 4 is 23.4 Å². The van der Waals surface area contributed by atoms with Crippen LogP contribution in [-0.4, -0.2) is 16.5 Å². The van der Waals surface area contributed by atoms with Crippen LogP contribution in [0, 0.1) is 6.92 Å². The molecule has 4 heteroatoms. The minimum Gasteiger partial charge on any atom is -0.271 e. The fourth-order valence-electron chi connectivity index (χ4n) is 2.56. The largest absolute Gasteiger partial charge is 0.271 e. The highest BCUT2D eigenvalue weighted by Gasteiger charge is 2.37. The van der Waals surface area contributed by atoms with Gasteiger partial charge in [0.1, 0.15) is 0 Å². The van der Waals surface area contributed by atoms with Gasteiger partial charge in [0, 0.05) is 15.8 Å². The minimum atomic E-state index is 0.225. The average molecular weight is 285 g/mol. The molecule has 1 aromatic carbocycles. The standard InChI is InChI=1S/C14H21ClN2S/c1-10-4-5-11(12(15)8-10)9-13(17-16)14(2)6-3-7-18-14/h4-5,8,13,17H,3,6-7,9,16H2,1-2H3. The second-order valence-corrected chi connectivity index (χ2v) is 7.32. The first-order valence-electron chi connectivity index (χ1n) is 6.40. The Hall–Kier alpha value is -0.220. The van der Waals surface area contributed by atoms with E-state index in [0.29, 0.717) is 0 Å². The van der Waals surface area contributed by atoms with E-state index >= 15 is 0 Å². The Morgan fingerprint density at radius 2 is 2.33 bits per heavy atom. The van der Waals surface area contributed by atoms with Gasteiger partial charge in [-0.3, -0.25) is 11.3 Å². The molecule has 0 spiro atoms. The fourth-order valence-corrected chi connectivity index (χ4v) is 4.27. The molecule has 0 aliphatic carbocycles. The van der Waals surface area contributed by atoms with Gasteiger partial charge in [-0.1, -0.05) is 23.7 Å². The average Bonchev–Trinajstić information content (AvgIpc) is 2.76. The first-order valence-corrected chi connectivity index (χ1v) is 7.76. The molecule has 1 aliphatic rings. The monoisotopic (exact) mass is 284 g/mol. The van der Waals surface area contributed by atoms with E-state index in [1.54, 1.807) is 0 Å². The van der Waals surface area contributed by atoms with Gasteiger partial charge in [0.2, 0.25) is 0 Å². The summed E-state index contributed by atoms with van der Waals surface area (Å²) in [4.78, 5) is 0. The van der Waals surface area contributed by atoms with Crippen LogP contribution in [0.2, 0.25) is 5.02 Å². The van der Waals surface area contributed by atoms with E-state index in [9.17, 15) is 0 Å². The van der Waals surface area contributed by atoms with Crippen LogP contribution in [0.1, 0.15) is 30.9 Å². The summed E-state index contributed by atoms with van der Waals surface area (Å²) in [7, 11) is 0. The Morgan fingerprint density at radius 3 is 2.89 bits per heavy atom. The van der Waals surface area contributed by atoms with Crippen LogP contribution in [0.5, 0.6) is 0 Å². The zero-order valence-electron chi connectivity index (χ0n) is 11.0. The van der Waals surface area contributed by atoms with Crippen molar-refractivity contribution < 1.29 is 0 Å². The molecular formula is C14H21ClN2S. The second kappa shape index (κ2) is 5.83. The third-order valence-electron chi connectivity index (χ3n) is 3.82. The van der Waals surface area contributed by atoms with Gasteiger partial charge in [0.25, 0.3) is 0 Å². The van der Waals surface area contributed by atoms with Crippen LogP contribution >= 0.6 is 23.4 Å². The number of rotatable bonds is 4. The van der Waals surface area contributed by atoms with Gasteiger partial charge in [-0.15, -0.1) is 0 Å². The number of aryl methyl sites for hydroxylation is 1. The molecule has 1 fully saturated rings. The molecule has 100 valence electrons. The van der Waals surface area contributed by atoms with E-state index in [0.717, 1.165) is 11.4 Å². The number of halogens is 1. The van der Waals surface area contributed by atoms with Gasteiger partial charge in [-0.05, 0) is 56.1 Å². The third kappa shape index (κ3) is 3.02. The molecule has 1 saturated heterocycles. The molecule has 1 heterocycles.